The molecular weight excluding hydrogens is 342 g/mol. The number of hydrogen-bond acceptors (Lipinski definition) is 4. The lowest BCUT2D eigenvalue weighted by molar-refractivity contribution is 0.0942. The number of carbonyl (C=O) groups is 1. The Kier molecular flexibility index (Phi) is 4.92. The van der Waals surface area contributed by atoms with Crippen molar-refractivity contribution in [2.24, 2.45) is 0 Å². The van der Waals surface area contributed by atoms with Gasteiger partial charge in [-0.1, -0.05) is 29.8 Å². The summed E-state index contributed by atoms with van der Waals surface area (Å²) in [5.74, 6) is -0.136. The second-order valence-electron chi connectivity index (χ2n) is 5.39. The first-order valence-electron chi connectivity index (χ1n) is 7.50. The van der Waals surface area contributed by atoms with Crippen LogP contribution < -0.4 is 5.32 Å². The van der Waals surface area contributed by atoms with E-state index in [1.165, 1.54) is 11.3 Å². The summed E-state index contributed by atoms with van der Waals surface area (Å²) in [4.78, 5) is 22.0. The summed E-state index contributed by atoms with van der Waals surface area (Å²) < 4.78 is 0. The number of pyridine rings is 1. The van der Waals surface area contributed by atoms with Crippen molar-refractivity contribution in [3.05, 3.63) is 69.9 Å². The molecule has 1 N–H and O–H groups in total. The second-order valence-corrected chi connectivity index (χ2v) is 6.83. The van der Waals surface area contributed by atoms with E-state index >= 15 is 0 Å². The minimum atomic E-state index is -0.167. The molecule has 0 bridgehead atoms. The first kappa shape index (κ1) is 16.6. The van der Waals surface area contributed by atoms with E-state index in [9.17, 15) is 4.79 Å². The maximum Gasteiger partial charge on any atom is 0.263 e. The number of amides is 1. The highest BCUT2D eigenvalue weighted by Gasteiger charge is 2.18. The molecule has 24 heavy (non-hydrogen) atoms. The highest BCUT2D eigenvalue weighted by molar-refractivity contribution is 7.17. The third-order valence-corrected chi connectivity index (χ3v) is 5.03. The van der Waals surface area contributed by atoms with E-state index in [0.29, 0.717) is 9.90 Å². The molecule has 4 nitrogen and oxygen atoms in total. The van der Waals surface area contributed by atoms with Crippen molar-refractivity contribution in [3.8, 4) is 10.6 Å². The molecular formula is C18H16ClN3OS. The van der Waals surface area contributed by atoms with Gasteiger partial charge in [0, 0.05) is 16.8 Å². The lowest BCUT2D eigenvalue weighted by Gasteiger charge is -2.12. The summed E-state index contributed by atoms with van der Waals surface area (Å²) >= 11 is 7.29. The van der Waals surface area contributed by atoms with Crippen molar-refractivity contribution >= 4 is 28.8 Å². The number of rotatable bonds is 4. The number of nitrogens with zero attached hydrogens (tertiary/aromatic N) is 2. The summed E-state index contributed by atoms with van der Waals surface area (Å²) in [6.45, 7) is 3.76. The largest absolute Gasteiger partial charge is 0.343 e. The van der Waals surface area contributed by atoms with Gasteiger partial charge in [-0.05, 0) is 38.1 Å². The van der Waals surface area contributed by atoms with Crippen LogP contribution in [0.25, 0.3) is 10.6 Å². The molecule has 3 rings (SSSR count). The van der Waals surface area contributed by atoms with Crippen LogP contribution in [0.4, 0.5) is 0 Å². The Balaban J connectivity index is 1.79. The Bertz CT molecular complexity index is 846. The Morgan fingerprint density at radius 3 is 2.62 bits per heavy atom. The van der Waals surface area contributed by atoms with Gasteiger partial charge in [0.25, 0.3) is 5.91 Å². The zero-order valence-corrected chi connectivity index (χ0v) is 14.9. The molecule has 6 heteroatoms. The van der Waals surface area contributed by atoms with Gasteiger partial charge in [0.1, 0.15) is 9.88 Å². The highest BCUT2D eigenvalue weighted by Crippen LogP contribution is 2.29. The fourth-order valence-electron chi connectivity index (χ4n) is 2.29. The van der Waals surface area contributed by atoms with Crippen LogP contribution in [0.3, 0.4) is 0 Å². The molecule has 1 unspecified atom stereocenters. The molecule has 2 heterocycles. The minimum absolute atomic E-state index is 0.136. The minimum Gasteiger partial charge on any atom is -0.343 e. The first-order valence-corrected chi connectivity index (χ1v) is 8.69. The van der Waals surface area contributed by atoms with E-state index in [2.05, 4.69) is 15.3 Å². The topological polar surface area (TPSA) is 54.9 Å². The third kappa shape index (κ3) is 3.63. The van der Waals surface area contributed by atoms with Gasteiger partial charge in [0.15, 0.2) is 0 Å². The second kappa shape index (κ2) is 7.11. The number of carbonyl (C=O) groups excluding carboxylic acids is 1. The lowest BCUT2D eigenvalue weighted by Crippen LogP contribution is -2.27. The average molecular weight is 358 g/mol. The molecule has 122 valence electrons. The van der Waals surface area contributed by atoms with Gasteiger partial charge < -0.3 is 5.32 Å². The number of benzene rings is 1. The van der Waals surface area contributed by atoms with Crippen LogP contribution in [0.2, 0.25) is 5.02 Å². The van der Waals surface area contributed by atoms with E-state index in [-0.39, 0.29) is 11.9 Å². The maximum absolute atomic E-state index is 12.6. The van der Waals surface area contributed by atoms with Crippen LogP contribution in [0.1, 0.15) is 34.0 Å². The van der Waals surface area contributed by atoms with Crippen molar-refractivity contribution < 1.29 is 4.79 Å². The number of aryl methyl sites for hydroxylation is 1. The van der Waals surface area contributed by atoms with E-state index in [1.807, 2.05) is 56.3 Å². The van der Waals surface area contributed by atoms with E-state index in [0.717, 1.165) is 22.0 Å². The molecule has 0 saturated heterocycles. The Morgan fingerprint density at radius 2 is 1.96 bits per heavy atom. The number of halogens is 1. The molecule has 0 aliphatic rings. The monoisotopic (exact) mass is 357 g/mol. The van der Waals surface area contributed by atoms with Crippen LogP contribution in [0.15, 0.2) is 48.7 Å². The summed E-state index contributed by atoms with van der Waals surface area (Å²) in [7, 11) is 0. The predicted octanol–water partition coefficient (Wildman–Crippen LogP) is 4.66. The molecule has 0 saturated carbocycles. The molecule has 0 spiro atoms. The fourth-order valence-corrected chi connectivity index (χ4v) is 3.39. The summed E-state index contributed by atoms with van der Waals surface area (Å²) in [5.41, 5.74) is 2.49. The zero-order chi connectivity index (χ0) is 17.1. The van der Waals surface area contributed by atoms with Crippen LogP contribution >= 0.6 is 22.9 Å². The van der Waals surface area contributed by atoms with E-state index in [4.69, 9.17) is 11.6 Å². The standard InChI is InChI=1S/C18H16ClN3OS/c1-11(15-5-3-4-10-20-15)21-17(23)16-12(2)22-18(24-16)13-6-8-14(19)9-7-13/h3-11H,1-2H3,(H,21,23). The van der Waals surface area contributed by atoms with Gasteiger partial charge in [0.05, 0.1) is 17.4 Å². The summed E-state index contributed by atoms with van der Waals surface area (Å²) in [6, 6.07) is 12.9. The highest BCUT2D eigenvalue weighted by atomic mass is 35.5. The van der Waals surface area contributed by atoms with Crippen LogP contribution in [-0.4, -0.2) is 15.9 Å². The maximum atomic E-state index is 12.6. The zero-order valence-electron chi connectivity index (χ0n) is 13.3. The van der Waals surface area contributed by atoms with Crippen LogP contribution in [0.5, 0.6) is 0 Å². The fraction of sp³-hybridized carbons (Fsp3) is 0.167. The van der Waals surface area contributed by atoms with Crippen molar-refractivity contribution in [1.82, 2.24) is 15.3 Å². The number of hydrogen-bond donors (Lipinski definition) is 1. The lowest BCUT2D eigenvalue weighted by atomic mass is 10.2. The predicted molar refractivity (Wildman–Crippen MR) is 97.4 cm³/mol. The SMILES string of the molecule is Cc1nc(-c2ccc(Cl)cc2)sc1C(=O)NC(C)c1ccccn1. The Morgan fingerprint density at radius 1 is 1.21 bits per heavy atom. The molecule has 1 atom stereocenters. The van der Waals surface area contributed by atoms with Gasteiger partial charge in [-0.15, -0.1) is 11.3 Å². The molecule has 0 fully saturated rings. The normalized spacial score (nSPS) is 12.0. The number of aromatic nitrogens is 2. The molecule has 2 aromatic heterocycles. The number of nitrogens with one attached hydrogen (secondary N) is 1. The van der Waals surface area contributed by atoms with Crippen LogP contribution in [-0.2, 0) is 0 Å². The molecule has 0 radical (unpaired) electrons. The first-order chi connectivity index (χ1) is 11.5. The van der Waals surface area contributed by atoms with Crippen LogP contribution in [0, 0.1) is 6.92 Å². The Hall–Kier alpha value is -2.24. The van der Waals surface area contributed by atoms with Gasteiger partial charge in [0.2, 0.25) is 0 Å². The van der Waals surface area contributed by atoms with Gasteiger partial charge in [-0.2, -0.15) is 0 Å². The number of thiazole rings is 1. The molecule has 1 amide bonds. The van der Waals surface area contributed by atoms with Crippen molar-refractivity contribution in [2.75, 3.05) is 0 Å². The van der Waals surface area contributed by atoms with Crippen molar-refractivity contribution in [1.29, 1.82) is 0 Å². The molecule has 3 aromatic rings. The average Bonchev–Trinajstić information content (AvgIpc) is 2.98. The van der Waals surface area contributed by atoms with E-state index in [1.54, 1.807) is 6.20 Å². The van der Waals surface area contributed by atoms with Crippen molar-refractivity contribution in [3.63, 3.8) is 0 Å². The van der Waals surface area contributed by atoms with Crippen molar-refractivity contribution in [2.45, 2.75) is 19.9 Å². The Labute approximate surface area is 149 Å². The molecule has 0 aliphatic heterocycles. The van der Waals surface area contributed by atoms with Gasteiger partial charge in [-0.3, -0.25) is 9.78 Å². The quantitative estimate of drug-likeness (QED) is 0.738. The van der Waals surface area contributed by atoms with E-state index < -0.39 is 0 Å². The smallest absolute Gasteiger partial charge is 0.263 e. The molecule has 1 aromatic carbocycles. The third-order valence-electron chi connectivity index (χ3n) is 3.57. The molecule has 0 aliphatic carbocycles. The summed E-state index contributed by atoms with van der Waals surface area (Å²) in [5, 5.41) is 4.46. The van der Waals surface area contributed by atoms with Gasteiger partial charge >= 0.3 is 0 Å². The van der Waals surface area contributed by atoms with Gasteiger partial charge in [-0.25, -0.2) is 4.98 Å². The summed E-state index contributed by atoms with van der Waals surface area (Å²) in [6.07, 6.45) is 1.72.